The molecule has 21 heavy (non-hydrogen) atoms. The lowest BCUT2D eigenvalue weighted by molar-refractivity contribution is 0.270. The van der Waals surface area contributed by atoms with Gasteiger partial charge in [-0.1, -0.05) is 6.07 Å². The third-order valence-corrected chi connectivity index (χ3v) is 2.45. The van der Waals surface area contributed by atoms with Gasteiger partial charge in [0.15, 0.2) is 11.6 Å². The minimum absolute atomic E-state index is 0.117. The van der Waals surface area contributed by atoms with E-state index in [1.54, 1.807) is 36.4 Å². The van der Waals surface area contributed by atoms with Gasteiger partial charge in [-0.25, -0.2) is 4.39 Å². The van der Waals surface area contributed by atoms with Crippen molar-refractivity contribution in [1.82, 2.24) is 0 Å². The van der Waals surface area contributed by atoms with Crippen LogP contribution in [0.15, 0.2) is 60.5 Å². The molecule has 106 valence electrons. The molecule has 0 fully saturated rings. The molecule has 0 radical (unpaired) electrons. The molecule has 0 heterocycles. The number of hydrogen-bond donors (Lipinski definition) is 1. The topological polar surface area (TPSA) is 66.8 Å². The van der Waals surface area contributed by atoms with Gasteiger partial charge in [-0.05, 0) is 36.4 Å². The van der Waals surface area contributed by atoms with E-state index in [-0.39, 0.29) is 18.2 Å². The second-order valence-corrected chi connectivity index (χ2v) is 4.06. The highest BCUT2D eigenvalue weighted by Gasteiger charge is 2.03. The van der Waals surface area contributed by atoms with Crippen molar-refractivity contribution >= 4 is 0 Å². The molecule has 0 aliphatic carbocycles. The molecular formula is C15H12FN2O3+. The van der Waals surface area contributed by atoms with E-state index in [4.69, 9.17) is 14.9 Å². The minimum atomic E-state index is -0.371. The predicted octanol–water partition coefficient (Wildman–Crippen LogP) is 4.25. The van der Waals surface area contributed by atoms with E-state index >= 15 is 0 Å². The summed E-state index contributed by atoms with van der Waals surface area (Å²) in [6.45, 7) is -0.117. The van der Waals surface area contributed by atoms with Crippen molar-refractivity contribution in [3.63, 3.8) is 0 Å². The largest absolute Gasteiger partial charge is 0.503 e. The number of diazo groups is 1. The fourth-order valence-electron chi connectivity index (χ4n) is 1.53. The molecule has 0 atom stereocenters. The smallest absolute Gasteiger partial charge is 0.391 e. The summed E-state index contributed by atoms with van der Waals surface area (Å²) >= 11 is 0. The van der Waals surface area contributed by atoms with E-state index in [0.29, 0.717) is 17.2 Å². The first-order valence-electron chi connectivity index (χ1n) is 6.06. The zero-order valence-electron chi connectivity index (χ0n) is 10.9. The Bertz CT molecular complexity index is 678. The summed E-state index contributed by atoms with van der Waals surface area (Å²) in [5.41, 5.74) is 0. The van der Waals surface area contributed by atoms with E-state index in [2.05, 4.69) is 4.98 Å². The summed E-state index contributed by atoms with van der Waals surface area (Å²) in [5.74, 6) is 0.841. The lowest BCUT2D eigenvalue weighted by atomic mass is 10.3. The maximum Gasteiger partial charge on any atom is 0.391 e. The molecule has 2 rings (SSSR count). The van der Waals surface area contributed by atoms with Gasteiger partial charge in [-0.3, -0.25) is 0 Å². The summed E-state index contributed by atoms with van der Waals surface area (Å²) in [5, 5.41) is 17.4. The molecule has 2 aromatic rings. The first-order chi connectivity index (χ1) is 10.2. The van der Waals surface area contributed by atoms with Crippen LogP contribution in [0.4, 0.5) is 4.39 Å². The van der Waals surface area contributed by atoms with Gasteiger partial charge in [0.2, 0.25) is 11.2 Å². The fourth-order valence-corrected chi connectivity index (χ4v) is 1.53. The van der Waals surface area contributed by atoms with Crippen LogP contribution in [0.2, 0.25) is 0 Å². The normalized spacial score (nSPS) is 10.8. The number of ether oxygens (including phenoxy) is 2. The Morgan fingerprint density at radius 2 is 1.86 bits per heavy atom. The number of rotatable bonds is 5. The number of halogens is 1. The van der Waals surface area contributed by atoms with Crippen LogP contribution in [-0.2, 0) is 0 Å². The van der Waals surface area contributed by atoms with Crippen molar-refractivity contribution in [2.45, 2.75) is 0 Å². The standard InChI is InChI=1S/C15H11FN2O3/c16-11-2-1-3-15(8-11)21-14-6-4-13(5-7-14)20-10-12(19)9-18-17/h1-9H,10H2/p+1/b12-9+. The second kappa shape index (κ2) is 6.91. The Kier molecular flexibility index (Phi) is 4.72. The molecule has 0 unspecified atom stereocenters. The van der Waals surface area contributed by atoms with Crippen molar-refractivity contribution in [2.24, 2.45) is 0 Å². The molecular weight excluding hydrogens is 275 g/mol. The zero-order valence-corrected chi connectivity index (χ0v) is 10.9. The van der Waals surface area contributed by atoms with Crippen LogP contribution >= 0.6 is 0 Å². The Morgan fingerprint density at radius 3 is 2.52 bits per heavy atom. The van der Waals surface area contributed by atoms with E-state index in [0.717, 1.165) is 6.20 Å². The monoisotopic (exact) mass is 287 g/mol. The summed E-state index contributed by atoms with van der Waals surface area (Å²) in [6, 6.07) is 12.4. The summed E-state index contributed by atoms with van der Waals surface area (Å²) in [6.07, 6.45) is 0.876. The van der Waals surface area contributed by atoms with Crippen LogP contribution in [0.3, 0.4) is 0 Å². The van der Waals surface area contributed by atoms with Crippen LogP contribution < -0.4 is 9.47 Å². The molecule has 5 nitrogen and oxygen atoms in total. The van der Waals surface area contributed by atoms with Crippen LogP contribution in [0.5, 0.6) is 17.2 Å². The molecule has 0 spiro atoms. The maximum absolute atomic E-state index is 13.0. The van der Waals surface area contributed by atoms with Crippen molar-refractivity contribution in [2.75, 3.05) is 6.61 Å². The van der Waals surface area contributed by atoms with Gasteiger partial charge in [-0.2, -0.15) is 0 Å². The van der Waals surface area contributed by atoms with Crippen LogP contribution in [0.25, 0.3) is 4.98 Å². The first-order valence-corrected chi connectivity index (χ1v) is 6.06. The number of nitrogens with zero attached hydrogens (tertiary/aromatic N) is 2. The molecule has 6 heteroatoms. The van der Waals surface area contributed by atoms with E-state index in [1.807, 2.05) is 0 Å². The second-order valence-electron chi connectivity index (χ2n) is 4.06. The van der Waals surface area contributed by atoms with Gasteiger partial charge in [0.05, 0.1) is 0 Å². The fraction of sp³-hybridized carbons (Fsp3) is 0.0667. The first kappa shape index (κ1) is 14.3. The quantitative estimate of drug-likeness (QED) is 0.659. The van der Waals surface area contributed by atoms with Gasteiger partial charge < -0.3 is 14.6 Å². The van der Waals surface area contributed by atoms with Gasteiger partial charge in [0.25, 0.3) is 0 Å². The molecule has 0 saturated carbocycles. The van der Waals surface area contributed by atoms with Crippen molar-refractivity contribution in [3.05, 3.63) is 71.3 Å². The Hall–Kier alpha value is -3.07. The maximum atomic E-state index is 13.0. The third-order valence-electron chi connectivity index (χ3n) is 2.45. The van der Waals surface area contributed by atoms with Gasteiger partial charge >= 0.3 is 6.20 Å². The van der Waals surface area contributed by atoms with Crippen LogP contribution in [0.1, 0.15) is 0 Å². The molecule has 0 saturated heterocycles. The number of benzene rings is 2. The molecule has 0 aliphatic heterocycles. The highest BCUT2D eigenvalue weighted by Crippen LogP contribution is 2.24. The van der Waals surface area contributed by atoms with Gasteiger partial charge in [0.1, 0.15) is 23.1 Å². The van der Waals surface area contributed by atoms with E-state index in [9.17, 15) is 9.50 Å². The summed E-state index contributed by atoms with van der Waals surface area (Å²) < 4.78 is 23.7. The Morgan fingerprint density at radius 1 is 1.14 bits per heavy atom. The lowest BCUT2D eigenvalue weighted by Crippen LogP contribution is -2.00. The lowest BCUT2D eigenvalue weighted by Gasteiger charge is -2.07. The van der Waals surface area contributed by atoms with Crippen LogP contribution in [0, 0.1) is 11.2 Å². The predicted molar refractivity (Wildman–Crippen MR) is 74.2 cm³/mol. The average Bonchev–Trinajstić information content (AvgIpc) is 2.47. The van der Waals surface area contributed by atoms with Crippen molar-refractivity contribution in [3.8, 4) is 17.2 Å². The Labute approximate surface area is 120 Å². The highest BCUT2D eigenvalue weighted by molar-refractivity contribution is 5.35. The highest BCUT2D eigenvalue weighted by atomic mass is 19.1. The van der Waals surface area contributed by atoms with Gasteiger partial charge in [0, 0.05) is 6.07 Å². The third kappa shape index (κ3) is 4.51. The average molecular weight is 287 g/mol. The molecule has 0 aliphatic rings. The summed E-state index contributed by atoms with van der Waals surface area (Å²) in [7, 11) is 0. The number of hydrogen-bond acceptors (Lipinski definition) is 4. The van der Waals surface area contributed by atoms with Gasteiger partial charge in [-0.15, -0.1) is 0 Å². The van der Waals surface area contributed by atoms with Crippen LogP contribution in [-0.4, -0.2) is 11.7 Å². The molecule has 0 amide bonds. The van der Waals surface area contributed by atoms with Crippen molar-refractivity contribution < 1.29 is 19.0 Å². The van der Waals surface area contributed by atoms with E-state index in [1.165, 1.54) is 12.1 Å². The number of aliphatic hydroxyl groups is 1. The molecule has 1 N–H and O–H groups in total. The zero-order chi connectivity index (χ0) is 15.1. The molecule has 2 aromatic carbocycles. The minimum Gasteiger partial charge on any atom is -0.503 e. The molecule has 0 bridgehead atoms. The van der Waals surface area contributed by atoms with E-state index < -0.39 is 0 Å². The number of aliphatic hydroxyl groups excluding tert-OH is 1. The Balaban J connectivity index is 1.96. The molecule has 0 aromatic heterocycles. The SMILES string of the molecule is N#[N+]/C=C(/O)COc1ccc(Oc2cccc(F)c2)cc1. The van der Waals surface area contributed by atoms with Crippen molar-refractivity contribution in [1.29, 1.82) is 5.39 Å². The summed E-state index contributed by atoms with van der Waals surface area (Å²) in [4.78, 5) is 2.67.